The standard InChI is InChI=1S/C39H36N4O7S/c1-4-27-28-13-9-10-14-32(28)41-36-29(27)22-43-33(36)20-31-30(37(43)45)23-49-38(46)39(31,5-2)50-35(44)21-40-34(19-25-11-7-6-8-12-25)42-51(47,48)26-17-15-24(3)16-18-26/h6-18,20H,4-5,19,21-23H2,1-3H3,(H,40,42)/t39-/m0/s1. The molecule has 11 nitrogen and oxygen atoms in total. The van der Waals surface area contributed by atoms with Crippen LogP contribution in [0, 0.1) is 6.92 Å². The second-order valence-electron chi connectivity index (χ2n) is 12.7. The number of fused-ring (bicyclic) bond motifs is 5. The molecular weight excluding hydrogens is 669 g/mol. The first-order valence-electron chi connectivity index (χ1n) is 16.8. The average molecular weight is 705 g/mol. The number of para-hydroxylation sites is 1. The van der Waals surface area contributed by atoms with E-state index in [-0.39, 0.29) is 46.9 Å². The lowest BCUT2D eigenvalue weighted by molar-refractivity contribution is -0.188. The minimum Gasteiger partial charge on any atom is -0.457 e. The number of rotatable bonds is 9. The Bertz CT molecular complexity index is 2410. The van der Waals surface area contributed by atoms with Gasteiger partial charge in [0.15, 0.2) is 0 Å². The van der Waals surface area contributed by atoms with Crippen LogP contribution in [0.3, 0.4) is 0 Å². The van der Waals surface area contributed by atoms with E-state index in [1.807, 2.05) is 61.5 Å². The van der Waals surface area contributed by atoms with Crippen molar-refractivity contribution in [3.63, 3.8) is 0 Å². The maximum Gasteiger partial charge on any atom is 0.355 e. The van der Waals surface area contributed by atoms with Gasteiger partial charge in [-0.05, 0) is 55.2 Å². The molecule has 5 aromatic rings. The molecule has 0 amide bonds. The number of aromatic nitrogens is 2. The molecule has 12 heteroatoms. The number of carbonyl (C=O) groups is 2. The third kappa shape index (κ3) is 6.09. The predicted molar refractivity (Wildman–Crippen MR) is 192 cm³/mol. The van der Waals surface area contributed by atoms with Crippen LogP contribution in [-0.2, 0) is 60.7 Å². The molecule has 0 radical (unpaired) electrons. The van der Waals surface area contributed by atoms with Gasteiger partial charge >= 0.3 is 11.9 Å². The van der Waals surface area contributed by atoms with E-state index in [0.29, 0.717) is 17.9 Å². The molecule has 0 spiro atoms. The van der Waals surface area contributed by atoms with Crippen LogP contribution in [0.4, 0.5) is 0 Å². The number of carbonyl (C=O) groups excluding carboxylic acids is 2. The molecule has 1 atom stereocenters. The van der Waals surface area contributed by atoms with Gasteiger partial charge in [-0.1, -0.05) is 80.1 Å². The van der Waals surface area contributed by atoms with Gasteiger partial charge in [0.25, 0.3) is 15.6 Å². The van der Waals surface area contributed by atoms with Crippen molar-refractivity contribution in [1.82, 2.24) is 14.3 Å². The summed E-state index contributed by atoms with van der Waals surface area (Å²) in [7, 11) is -4.04. The Morgan fingerprint density at radius 2 is 1.73 bits per heavy atom. The number of sulfonamides is 1. The molecule has 1 N–H and O–H groups in total. The van der Waals surface area contributed by atoms with E-state index in [1.54, 1.807) is 29.7 Å². The zero-order valence-corrected chi connectivity index (χ0v) is 29.2. The number of cyclic esters (lactones) is 1. The topological polar surface area (TPSA) is 146 Å². The second-order valence-corrected chi connectivity index (χ2v) is 14.4. The highest BCUT2D eigenvalue weighted by molar-refractivity contribution is 7.90. The number of aliphatic imine (C=N–C) groups is 1. The maximum absolute atomic E-state index is 14.0. The van der Waals surface area contributed by atoms with Gasteiger partial charge in [0, 0.05) is 22.9 Å². The van der Waals surface area contributed by atoms with E-state index in [1.165, 1.54) is 12.1 Å². The van der Waals surface area contributed by atoms with Crippen molar-refractivity contribution in [3.05, 3.63) is 129 Å². The van der Waals surface area contributed by atoms with Crippen LogP contribution >= 0.6 is 0 Å². The van der Waals surface area contributed by atoms with Crippen LogP contribution in [0.15, 0.2) is 99.6 Å². The Morgan fingerprint density at radius 1 is 1.00 bits per heavy atom. The van der Waals surface area contributed by atoms with Crippen molar-refractivity contribution in [1.29, 1.82) is 0 Å². The van der Waals surface area contributed by atoms with E-state index < -0.39 is 34.1 Å². The van der Waals surface area contributed by atoms with E-state index in [4.69, 9.17) is 14.5 Å². The number of nitrogens with one attached hydrogen (secondary N) is 1. The molecule has 0 unspecified atom stereocenters. The molecule has 4 heterocycles. The Hall–Kier alpha value is -5.62. The first kappa shape index (κ1) is 33.9. The number of hydrogen-bond donors (Lipinski definition) is 1. The number of benzene rings is 3. The number of ether oxygens (including phenoxy) is 2. The number of aryl methyl sites for hydroxylation is 2. The van der Waals surface area contributed by atoms with E-state index in [2.05, 4.69) is 16.6 Å². The smallest absolute Gasteiger partial charge is 0.355 e. The fourth-order valence-electron chi connectivity index (χ4n) is 6.91. The van der Waals surface area contributed by atoms with Crippen molar-refractivity contribution < 1.29 is 27.5 Å². The monoisotopic (exact) mass is 704 g/mol. The normalized spacial score (nSPS) is 16.6. The van der Waals surface area contributed by atoms with Crippen LogP contribution < -0.4 is 10.3 Å². The van der Waals surface area contributed by atoms with E-state index >= 15 is 0 Å². The zero-order valence-electron chi connectivity index (χ0n) is 28.4. The maximum atomic E-state index is 14.0. The summed E-state index contributed by atoms with van der Waals surface area (Å²) in [6.07, 6.45) is 0.791. The summed E-state index contributed by atoms with van der Waals surface area (Å²) in [6.45, 7) is 5.03. The van der Waals surface area contributed by atoms with Crippen molar-refractivity contribution in [3.8, 4) is 11.4 Å². The molecule has 0 fully saturated rings. The third-order valence-corrected chi connectivity index (χ3v) is 10.9. The molecule has 51 heavy (non-hydrogen) atoms. The molecule has 260 valence electrons. The summed E-state index contributed by atoms with van der Waals surface area (Å²) in [4.78, 5) is 50.5. The largest absolute Gasteiger partial charge is 0.457 e. The number of nitrogens with zero attached hydrogens (tertiary/aromatic N) is 3. The van der Waals surface area contributed by atoms with E-state index in [0.717, 1.165) is 39.6 Å². The first-order valence-corrected chi connectivity index (χ1v) is 18.3. The molecule has 0 bridgehead atoms. The molecule has 2 aliphatic rings. The summed E-state index contributed by atoms with van der Waals surface area (Å²) in [6, 6.07) is 25.0. The van der Waals surface area contributed by atoms with Gasteiger partial charge in [-0.15, -0.1) is 0 Å². The Kier molecular flexibility index (Phi) is 8.80. The van der Waals surface area contributed by atoms with Crippen molar-refractivity contribution in [2.45, 2.75) is 63.7 Å². The van der Waals surface area contributed by atoms with Crippen molar-refractivity contribution >= 4 is 38.7 Å². The third-order valence-electron chi connectivity index (χ3n) is 9.52. The molecule has 3 aromatic carbocycles. The van der Waals surface area contributed by atoms with Crippen LogP contribution in [0.2, 0.25) is 0 Å². The first-order chi connectivity index (χ1) is 24.5. The lowest BCUT2D eigenvalue weighted by atomic mass is 9.85. The molecule has 0 saturated heterocycles. The van der Waals surface area contributed by atoms with Gasteiger partial charge in [0.05, 0.1) is 33.9 Å². The lowest BCUT2D eigenvalue weighted by Crippen LogP contribution is -2.48. The second kappa shape index (κ2) is 13.3. The summed E-state index contributed by atoms with van der Waals surface area (Å²) in [5, 5.41) is 1.02. The van der Waals surface area contributed by atoms with Crippen LogP contribution in [0.25, 0.3) is 22.3 Å². The quantitative estimate of drug-likeness (QED) is 0.124. The van der Waals surface area contributed by atoms with Crippen LogP contribution in [-0.4, -0.2) is 42.3 Å². The Balaban J connectivity index is 1.23. The summed E-state index contributed by atoms with van der Waals surface area (Å²) < 4.78 is 42.2. The van der Waals surface area contributed by atoms with Gasteiger partial charge in [0.1, 0.15) is 19.0 Å². The average Bonchev–Trinajstić information content (AvgIpc) is 3.49. The summed E-state index contributed by atoms with van der Waals surface area (Å²) in [5.74, 6) is -1.70. The lowest BCUT2D eigenvalue weighted by Gasteiger charge is -2.35. The van der Waals surface area contributed by atoms with Gasteiger partial charge in [0.2, 0.25) is 5.60 Å². The number of hydrogen-bond acceptors (Lipinski definition) is 9. The van der Waals surface area contributed by atoms with Gasteiger partial charge < -0.3 is 14.0 Å². The molecule has 2 aromatic heterocycles. The summed E-state index contributed by atoms with van der Waals surface area (Å²) in [5.41, 5.74) is 3.87. The fraction of sp³-hybridized carbons (Fsp3) is 0.256. The highest BCUT2D eigenvalue weighted by Gasteiger charge is 2.50. The van der Waals surface area contributed by atoms with E-state index in [9.17, 15) is 22.8 Å². The van der Waals surface area contributed by atoms with Crippen molar-refractivity contribution in [2.24, 2.45) is 4.99 Å². The zero-order chi connectivity index (χ0) is 35.9. The minimum atomic E-state index is -4.04. The molecular formula is C39H36N4O7S. The van der Waals surface area contributed by atoms with Crippen LogP contribution in [0.5, 0.6) is 0 Å². The van der Waals surface area contributed by atoms with Crippen LogP contribution in [0.1, 0.15) is 53.6 Å². The fourth-order valence-corrected chi connectivity index (χ4v) is 7.96. The Labute approximate surface area is 295 Å². The Morgan fingerprint density at radius 3 is 2.45 bits per heavy atom. The molecule has 0 saturated carbocycles. The van der Waals surface area contributed by atoms with Crippen molar-refractivity contribution in [2.75, 3.05) is 6.54 Å². The number of esters is 2. The number of pyridine rings is 2. The molecule has 7 rings (SSSR count). The van der Waals surface area contributed by atoms with Gasteiger partial charge in [-0.2, -0.15) is 0 Å². The summed E-state index contributed by atoms with van der Waals surface area (Å²) >= 11 is 0. The highest BCUT2D eigenvalue weighted by Crippen LogP contribution is 2.42. The minimum absolute atomic E-state index is 0.00796. The predicted octanol–water partition coefficient (Wildman–Crippen LogP) is 5.12. The highest BCUT2D eigenvalue weighted by atomic mass is 32.2. The van der Waals surface area contributed by atoms with Gasteiger partial charge in [-0.25, -0.2) is 23.0 Å². The molecule has 2 aliphatic heterocycles. The number of amidine groups is 1. The molecule has 0 aliphatic carbocycles. The van der Waals surface area contributed by atoms with Gasteiger partial charge in [-0.3, -0.25) is 14.5 Å². The SMILES string of the molecule is CCc1c2c(nc3ccccc13)-c1cc3c(c(=O)n1C2)COC(=O)[C@@]3(CC)OC(=O)CN=C(Cc1ccccc1)NS(=O)(=O)c1ccc(C)cc1.